The van der Waals surface area contributed by atoms with Gasteiger partial charge in [-0.3, -0.25) is 0 Å². The fourth-order valence-electron chi connectivity index (χ4n) is 2.21. The molecule has 2 rings (SSSR count). The maximum Gasteiger partial charge on any atom is 0.0975 e. The van der Waals surface area contributed by atoms with Crippen molar-refractivity contribution < 1.29 is 0 Å². The molecule has 0 atom stereocenters. The minimum absolute atomic E-state index is 0.931. The van der Waals surface area contributed by atoms with Gasteiger partial charge in [0.25, 0.3) is 0 Å². The average molecular weight is 274 g/mol. The first-order valence-electron chi connectivity index (χ1n) is 6.91. The Labute approximate surface area is 119 Å². The molecule has 0 bridgehead atoms. The number of nitrogens with one attached hydrogen (secondary N) is 1. The molecule has 102 valence electrons. The summed E-state index contributed by atoms with van der Waals surface area (Å²) in [6.45, 7) is 5.31. The van der Waals surface area contributed by atoms with E-state index in [1.54, 1.807) is 0 Å². The van der Waals surface area contributed by atoms with Crippen molar-refractivity contribution in [2.45, 2.75) is 39.7 Å². The molecule has 0 aliphatic rings. The highest BCUT2D eigenvalue weighted by Crippen LogP contribution is 2.23. The average Bonchev–Trinajstić information content (AvgIpc) is 2.76. The lowest BCUT2D eigenvalue weighted by molar-refractivity contribution is 0.796. The molecule has 0 fully saturated rings. The van der Waals surface area contributed by atoms with Crippen LogP contribution in [0.3, 0.4) is 0 Å². The number of hydrogen-bond donors (Lipinski definition) is 1. The van der Waals surface area contributed by atoms with E-state index >= 15 is 0 Å². The number of aromatic nitrogens is 1. The van der Waals surface area contributed by atoms with Gasteiger partial charge in [0.15, 0.2) is 0 Å². The standard InChI is InChI=1S/C16H22N2S/c1-4-7-14-15(11-17-3)19-16(18-14)10-13-9-6-5-8-12(13)2/h5-6,8-9,17H,4,7,10-11H2,1-3H3. The van der Waals surface area contributed by atoms with Crippen LogP contribution in [-0.4, -0.2) is 12.0 Å². The number of hydrogen-bond acceptors (Lipinski definition) is 3. The molecule has 0 saturated carbocycles. The molecular weight excluding hydrogens is 252 g/mol. The summed E-state index contributed by atoms with van der Waals surface area (Å²) in [6.07, 6.45) is 3.20. The predicted octanol–water partition coefficient (Wildman–Crippen LogP) is 3.71. The molecule has 1 heterocycles. The van der Waals surface area contributed by atoms with E-state index < -0.39 is 0 Å². The van der Waals surface area contributed by atoms with Gasteiger partial charge in [0.2, 0.25) is 0 Å². The van der Waals surface area contributed by atoms with Crippen LogP contribution in [-0.2, 0) is 19.4 Å². The second kappa shape index (κ2) is 6.83. The van der Waals surface area contributed by atoms with Crippen molar-refractivity contribution in [1.82, 2.24) is 10.3 Å². The Balaban J connectivity index is 2.21. The quantitative estimate of drug-likeness (QED) is 0.868. The third-order valence-electron chi connectivity index (χ3n) is 3.25. The van der Waals surface area contributed by atoms with Crippen molar-refractivity contribution in [2.24, 2.45) is 0 Å². The second-order valence-corrected chi connectivity index (χ2v) is 6.03. The number of aryl methyl sites for hydroxylation is 2. The maximum atomic E-state index is 4.83. The molecule has 0 spiro atoms. The van der Waals surface area contributed by atoms with Crippen LogP contribution in [0.15, 0.2) is 24.3 Å². The lowest BCUT2D eigenvalue weighted by Crippen LogP contribution is -2.05. The van der Waals surface area contributed by atoms with Crippen LogP contribution in [0.1, 0.15) is 40.1 Å². The van der Waals surface area contributed by atoms with Gasteiger partial charge in [0.05, 0.1) is 10.7 Å². The first-order valence-corrected chi connectivity index (χ1v) is 7.72. The van der Waals surface area contributed by atoms with E-state index in [2.05, 4.69) is 43.4 Å². The molecule has 0 saturated heterocycles. The molecule has 0 aliphatic carbocycles. The van der Waals surface area contributed by atoms with Crippen molar-refractivity contribution in [1.29, 1.82) is 0 Å². The van der Waals surface area contributed by atoms with Gasteiger partial charge in [0.1, 0.15) is 0 Å². The Morgan fingerprint density at radius 2 is 2.05 bits per heavy atom. The molecule has 19 heavy (non-hydrogen) atoms. The van der Waals surface area contributed by atoms with Gasteiger partial charge in [-0.25, -0.2) is 4.98 Å². The predicted molar refractivity (Wildman–Crippen MR) is 82.9 cm³/mol. The lowest BCUT2D eigenvalue weighted by Gasteiger charge is -2.02. The van der Waals surface area contributed by atoms with Gasteiger partial charge in [0, 0.05) is 17.8 Å². The molecule has 2 nitrogen and oxygen atoms in total. The first kappa shape index (κ1) is 14.2. The maximum absolute atomic E-state index is 4.83. The molecule has 3 heteroatoms. The molecule has 1 aromatic carbocycles. The van der Waals surface area contributed by atoms with Crippen LogP contribution in [0.2, 0.25) is 0 Å². The van der Waals surface area contributed by atoms with Gasteiger partial charge in [-0.05, 0) is 31.5 Å². The number of rotatable bonds is 6. The third kappa shape index (κ3) is 3.64. The molecule has 1 aromatic heterocycles. The van der Waals surface area contributed by atoms with Crippen LogP contribution >= 0.6 is 11.3 Å². The van der Waals surface area contributed by atoms with Crippen molar-refractivity contribution in [3.05, 3.63) is 51.0 Å². The molecule has 0 aliphatic heterocycles. The summed E-state index contributed by atoms with van der Waals surface area (Å²) in [6, 6.07) is 8.57. The Morgan fingerprint density at radius 1 is 1.26 bits per heavy atom. The van der Waals surface area contributed by atoms with Gasteiger partial charge in [-0.1, -0.05) is 37.6 Å². The van der Waals surface area contributed by atoms with E-state index in [1.807, 2.05) is 18.4 Å². The highest BCUT2D eigenvalue weighted by molar-refractivity contribution is 7.11. The van der Waals surface area contributed by atoms with E-state index in [-0.39, 0.29) is 0 Å². The van der Waals surface area contributed by atoms with Crippen molar-refractivity contribution in [3.63, 3.8) is 0 Å². The van der Waals surface area contributed by atoms with Gasteiger partial charge in [-0.15, -0.1) is 11.3 Å². The third-order valence-corrected chi connectivity index (χ3v) is 4.35. The summed E-state index contributed by atoms with van der Waals surface area (Å²) >= 11 is 1.85. The molecule has 0 amide bonds. The number of benzene rings is 1. The zero-order chi connectivity index (χ0) is 13.7. The van der Waals surface area contributed by atoms with Crippen LogP contribution in [0.25, 0.3) is 0 Å². The fourth-order valence-corrected chi connectivity index (χ4v) is 3.36. The number of nitrogens with zero attached hydrogens (tertiary/aromatic N) is 1. The summed E-state index contributed by atoms with van der Waals surface area (Å²) in [5, 5.41) is 4.48. The highest BCUT2D eigenvalue weighted by Gasteiger charge is 2.11. The molecule has 1 N–H and O–H groups in total. The van der Waals surface area contributed by atoms with Crippen LogP contribution in [0, 0.1) is 6.92 Å². The summed E-state index contributed by atoms with van der Waals surface area (Å²) in [4.78, 5) is 6.23. The Kier molecular flexibility index (Phi) is 5.11. The van der Waals surface area contributed by atoms with E-state index in [4.69, 9.17) is 4.98 Å². The molecule has 0 unspecified atom stereocenters. The largest absolute Gasteiger partial charge is 0.315 e. The monoisotopic (exact) mass is 274 g/mol. The summed E-state index contributed by atoms with van der Waals surface area (Å²) in [5.74, 6) is 0. The molecule has 2 aromatic rings. The fraction of sp³-hybridized carbons (Fsp3) is 0.438. The second-order valence-electron chi connectivity index (χ2n) is 4.86. The lowest BCUT2D eigenvalue weighted by atomic mass is 10.1. The Morgan fingerprint density at radius 3 is 2.74 bits per heavy atom. The normalized spacial score (nSPS) is 10.9. The minimum atomic E-state index is 0.931. The van der Waals surface area contributed by atoms with Crippen molar-refractivity contribution >= 4 is 11.3 Å². The van der Waals surface area contributed by atoms with E-state index in [1.165, 1.54) is 26.7 Å². The first-order chi connectivity index (χ1) is 9.24. The smallest absolute Gasteiger partial charge is 0.0975 e. The van der Waals surface area contributed by atoms with Crippen LogP contribution < -0.4 is 5.32 Å². The minimum Gasteiger partial charge on any atom is -0.315 e. The van der Waals surface area contributed by atoms with Gasteiger partial charge in [-0.2, -0.15) is 0 Å². The van der Waals surface area contributed by atoms with Crippen molar-refractivity contribution in [2.75, 3.05) is 7.05 Å². The van der Waals surface area contributed by atoms with Gasteiger partial charge >= 0.3 is 0 Å². The zero-order valence-corrected chi connectivity index (χ0v) is 12.8. The Hall–Kier alpha value is -1.19. The molecular formula is C16H22N2S. The molecule has 0 radical (unpaired) electrons. The van der Waals surface area contributed by atoms with Crippen LogP contribution in [0.5, 0.6) is 0 Å². The van der Waals surface area contributed by atoms with E-state index in [0.717, 1.165) is 25.8 Å². The van der Waals surface area contributed by atoms with Gasteiger partial charge < -0.3 is 5.32 Å². The number of thiazole rings is 1. The summed E-state index contributed by atoms with van der Waals surface area (Å²) in [7, 11) is 2.00. The van der Waals surface area contributed by atoms with E-state index in [9.17, 15) is 0 Å². The van der Waals surface area contributed by atoms with E-state index in [0.29, 0.717) is 0 Å². The Bertz CT molecular complexity index is 508. The summed E-state index contributed by atoms with van der Waals surface area (Å²) in [5.41, 5.74) is 4.02. The topological polar surface area (TPSA) is 24.9 Å². The van der Waals surface area contributed by atoms with Crippen molar-refractivity contribution in [3.8, 4) is 0 Å². The van der Waals surface area contributed by atoms with Crippen LogP contribution in [0.4, 0.5) is 0 Å². The summed E-state index contributed by atoms with van der Waals surface area (Å²) < 4.78 is 0. The SMILES string of the molecule is CCCc1nc(Cc2ccccc2C)sc1CNC. The highest BCUT2D eigenvalue weighted by atomic mass is 32.1. The zero-order valence-electron chi connectivity index (χ0n) is 12.0.